The van der Waals surface area contributed by atoms with Crippen LogP contribution in [-0.4, -0.2) is 24.5 Å². The fourth-order valence-corrected chi connectivity index (χ4v) is 2.19. The summed E-state index contributed by atoms with van der Waals surface area (Å²) in [7, 11) is 0. The lowest BCUT2D eigenvalue weighted by Gasteiger charge is -2.15. The Morgan fingerprint density at radius 2 is 1.81 bits per heavy atom. The zero-order chi connectivity index (χ0) is 19.6. The first kappa shape index (κ1) is 20.2. The molecule has 2 aromatic rings. The largest absolute Gasteiger partial charge is 0.494 e. The van der Waals surface area contributed by atoms with Gasteiger partial charge in [0.25, 0.3) is 5.91 Å². The molecule has 2 rings (SSSR count). The number of hydrazine groups is 1. The van der Waals surface area contributed by atoms with Crippen molar-refractivity contribution in [1.29, 1.82) is 0 Å². The lowest BCUT2D eigenvalue weighted by atomic mass is 10.2. The van der Waals surface area contributed by atoms with E-state index in [1.54, 1.807) is 0 Å². The Morgan fingerprint density at radius 3 is 2.52 bits per heavy atom. The van der Waals surface area contributed by atoms with E-state index in [4.69, 9.17) is 9.47 Å². The minimum absolute atomic E-state index is 0.208. The second-order valence-electron chi connectivity index (χ2n) is 6.02. The highest BCUT2D eigenvalue weighted by atomic mass is 19.1. The average Bonchev–Trinajstić information content (AvgIpc) is 2.65. The predicted octanol–water partition coefficient (Wildman–Crippen LogP) is 2.91. The Hall–Kier alpha value is -3.09. The highest BCUT2D eigenvalue weighted by Crippen LogP contribution is 2.13. The monoisotopic (exact) mass is 374 g/mol. The highest BCUT2D eigenvalue weighted by Gasteiger charge is 2.15. The van der Waals surface area contributed by atoms with Gasteiger partial charge in [-0.25, -0.2) is 4.39 Å². The van der Waals surface area contributed by atoms with Crippen molar-refractivity contribution in [2.75, 3.05) is 6.61 Å². The van der Waals surface area contributed by atoms with E-state index < -0.39 is 17.8 Å². The number of rotatable bonds is 8. The molecule has 6 nitrogen and oxygen atoms in total. The Labute approximate surface area is 157 Å². The molecular formula is C20H23FN2O4. The van der Waals surface area contributed by atoms with Crippen molar-refractivity contribution < 1.29 is 23.5 Å². The molecule has 27 heavy (non-hydrogen) atoms. The minimum atomic E-state index is -0.847. The van der Waals surface area contributed by atoms with Crippen LogP contribution in [0.3, 0.4) is 0 Å². The van der Waals surface area contributed by atoms with Crippen LogP contribution in [0.1, 0.15) is 25.3 Å². The maximum Gasteiger partial charge on any atom is 0.279 e. The van der Waals surface area contributed by atoms with Crippen molar-refractivity contribution >= 4 is 11.8 Å². The maximum atomic E-state index is 12.8. The van der Waals surface area contributed by atoms with E-state index in [2.05, 4.69) is 10.9 Å². The van der Waals surface area contributed by atoms with Crippen LogP contribution in [0.4, 0.5) is 4.39 Å². The topological polar surface area (TPSA) is 76.7 Å². The number of nitrogens with one attached hydrogen (secondary N) is 2. The van der Waals surface area contributed by atoms with Gasteiger partial charge in [0.1, 0.15) is 17.3 Å². The Balaban J connectivity index is 1.62. The van der Waals surface area contributed by atoms with E-state index in [0.717, 1.165) is 11.3 Å². The molecule has 7 heteroatoms. The van der Waals surface area contributed by atoms with Gasteiger partial charge in [0.15, 0.2) is 6.10 Å². The summed E-state index contributed by atoms with van der Waals surface area (Å²) in [6.45, 7) is 3.90. The lowest BCUT2D eigenvalue weighted by molar-refractivity contribution is -0.132. The van der Waals surface area contributed by atoms with Crippen LogP contribution in [0.25, 0.3) is 0 Å². The van der Waals surface area contributed by atoms with Gasteiger partial charge < -0.3 is 9.47 Å². The van der Waals surface area contributed by atoms with Gasteiger partial charge in [-0.2, -0.15) is 0 Å². The molecule has 2 N–H and O–H groups in total. The van der Waals surface area contributed by atoms with Gasteiger partial charge in [-0.1, -0.05) is 12.1 Å². The Kier molecular flexibility index (Phi) is 7.61. The van der Waals surface area contributed by atoms with Crippen molar-refractivity contribution in [3.8, 4) is 11.5 Å². The summed E-state index contributed by atoms with van der Waals surface area (Å²) in [4.78, 5) is 23.7. The minimum Gasteiger partial charge on any atom is -0.494 e. The third-order valence-corrected chi connectivity index (χ3v) is 3.63. The standard InChI is InChI=1S/C20H23FN2O4/c1-14-5-3-6-18(13-14)26-12-4-7-19(24)22-23-20(25)15(2)27-17-10-8-16(21)9-11-17/h3,5-6,8-11,13,15H,4,7,12H2,1-2H3,(H,22,24)(H,23,25). The number of halogens is 1. The number of amides is 2. The lowest BCUT2D eigenvalue weighted by Crippen LogP contribution is -2.47. The van der Waals surface area contributed by atoms with Crippen molar-refractivity contribution in [2.45, 2.75) is 32.8 Å². The number of carbonyl (C=O) groups excluding carboxylic acids is 2. The summed E-state index contributed by atoms with van der Waals surface area (Å²) in [6.07, 6.45) is -0.128. The number of ether oxygens (including phenoxy) is 2. The van der Waals surface area contributed by atoms with E-state index in [1.807, 2.05) is 31.2 Å². The third-order valence-electron chi connectivity index (χ3n) is 3.63. The Bertz CT molecular complexity index is 765. The fourth-order valence-electron chi connectivity index (χ4n) is 2.19. The zero-order valence-corrected chi connectivity index (χ0v) is 15.3. The molecule has 2 aromatic carbocycles. The first-order valence-electron chi connectivity index (χ1n) is 8.64. The van der Waals surface area contributed by atoms with Gasteiger partial charge in [-0.15, -0.1) is 0 Å². The second-order valence-corrected chi connectivity index (χ2v) is 6.02. The summed E-state index contributed by atoms with van der Waals surface area (Å²) in [6, 6.07) is 13.0. The molecule has 0 saturated carbocycles. The molecule has 0 aliphatic carbocycles. The molecule has 0 saturated heterocycles. The van der Waals surface area contributed by atoms with E-state index in [1.165, 1.54) is 31.2 Å². The molecule has 144 valence electrons. The van der Waals surface area contributed by atoms with E-state index >= 15 is 0 Å². The van der Waals surface area contributed by atoms with Gasteiger partial charge in [-0.05, 0) is 62.2 Å². The van der Waals surface area contributed by atoms with Gasteiger partial charge in [0, 0.05) is 6.42 Å². The SMILES string of the molecule is Cc1cccc(OCCCC(=O)NNC(=O)C(C)Oc2ccc(F)cc2)c1. The molecule has 2 amide bonds. The molecule has 0 aliphatic heterocycles. The van der Waals surface area contributed by atoms with Gasteiger partial charge in [0.2, 0.25) is 5.91 Å². The smallest absolute Gasteiger partial charge is 0.279 e. The number of hydrogen-bond acceptors (Lipinski definition) is 4. The molecule has 1 atom stereocenters. The summed E-state index contributed by atoms with van der Waals surface area (Å²) in [5.74, 6) is -0.110. The summed E-state index contributed by atoms with van der Waals surface area (Å²) >= 11 is 0. The molecular weight excluding hydrogens is 351 g/mol. The molecule has 0 heterocycles. The van der Waals surface area contributed by atoms with Crippen LogP contribution in [0.2, 0.25) is 0 Å². The van der Waals surface area contributed by atoms with Gasteiger partial charge in [-0.3, -0.25) is 20.4 Å². The highest BCUT2D eigenvalue weighted by molar-refractivity contribution is 5.84. The van der Waals surface area contributed by atoms with Crippen molar-refractivity contribution in [3.63, 3.8) is 0 Å². The average molecular weight is 374 g/mol. The van der Waals surface area contributed by atoms with Crippen LogP contribution in [0, 0.1) is 12.7 Å². The number of aryl methyl sites for hydroxylation is 1. The fraction of sp³-hybridized carbons (Fsp3) is 0.300. The normalized spacial score (nSPS) is 11.4. The van der Waals surface area contributed by atoms with Crippen LogP contribution >= 0.6 is 0 Å². The molecule has 0 bridgehead atoms. The van der Waals surface area contributed by atoms with Crippen LogP contribution in [0.15, 0.2) is 48.5 Å². The van der Waals surface area contributed by atoms with Crippen LogP contribution in [-0.2, 0) is 9.59 Å². The predicted molar refractivity (Wildman–Crippen MR) is 98.7 cm³/mol. The van der Waals surface area contributed by atoms with Crippen molar-refractivity contribution in [2.24, 2.45) is 0 Å². The molecule has 0 spiro atoms. The molecule has 1 unspecified atom stereocenters. The Morgan fingerprint density at radius 1 is 1.07 bits per heavy atom. The number of benzene rings is 2. The maximum absolute atomic E-state index is 12.8. The second kappa shape index (κ2) is 10.2. The van der Waals surface area contributed by atoms with Crippen LogP contribution in [0.5, 0.6) is 11.5 Å². The molecule has 0 aliphatic rings. The van der Waals surface area contributed by atoms with Gasteiger partial charge >= 0.3 is 0 Å². The van der Waals surface area contributed by atoms with Gasteiger partial charge in [0.05, 0.1) is 6.61 Å². The summed E-state index contributed by atoms with van der Waals surface area (Å²) in [5.41, 5.74) is 5.74. The van der Waals surface area contributed by atoms with Crippen LogP contribution < -0.4 is 20.3 Å². The van der Waals surface area contributed by atoms with E-state index in [-0.39, 0.29) is 12.3 Å². The number of hydrogen-bond donors (Lipinski definition) is 2. The van der Waals surface area contributed by atoms with Crippen molar-refractivity contribution in [1.82, 2.24) is 10.9 Å². The first-order valence-corrected chi connectivity index (χ1v) is 8.64. The van der Waals surface area contributed by atoms with E-state index in [9.17, 15) is 14.0 Å². The molecule has 0 radical (unpaired) electrons. The third kappa shape index (κ3) is 7.35. The summed E-state index contributed by atoms with van der Waals surface area (Å²) < 4.78 is 23.8. The first-order chi connectivity index (χ1) is 12.9. The quantitative estimate of drug-likeness (QED) is 0.550. The van der Waals surface area contributed by atoms with Crippen molar-refractivity contribution in [3.05, 3.63) is 59.9 Å². The molecule has 0 aromatic heterocycles. The number of carbonyl (C=O) groups is 2. The molecule has 0 fully saturated rings. The van der Waals surface area contributed by atoms with E-state index in [0.29, 0.717) is 18.8 Å². The zero-order valence-electron chi connectivity index (χ0n) is 15.3. The summed E-state index contributed by atoms with van der Waals surface area (Å²) in [5, 5.41) is 0.